The Labute approximate surface area is 170 Å². The SMILES string of the molecule is Oc1cc(C(F)(F)F)ccc1-c1nnc(NC2CCC(O)C(O)C2)c2ccccc12. The van der Waals surface area contributed by atoms with E-state index in [0.717, 1.165) is 6.07 Å². The number of hydrogen-bond donors (Lipinski definition) is 4. The number of phenolic OH excluding ortho intramolecular Hbond substituents is 1. The predicted octanol–water partition coefficient (Wildman–Crippen LogP) is 3.71. The number of phenols is 1. The number of anilines is 1. The average molecular weight is 419 g/mol. The molecule has 3 unspecified atom stereocenters. The van der Waals surface area contributed by atoms with Gasteiger partial charge in [0.1, 0.15) is 11.4 Å². The van der Waals surface area contributed by atoms with Gasteiger partial charge in [-0.2, -0.15) is 13.2 Å². The van der Waals surface area contributed by atoms with E-state index in [1.54, 1.807) is 24.3 Å². The molecule has 4 N–H and O–H groups in total. The summed E-state index contributed by atoms with van der Waals surface area (Å²) in [6.07, 6.45) is -4.65. The minimum Gasteiger partial charge on any atom is -0.507 e. The Balaban J connectivity index is 1.71. The van der Waals surface area contributed by atoms with Gasteiger partial charge in [-0.05, 0) is 37.5 Å². The van der Waals surface area contributed by atoms with Crippen LogP contribution in [-0.2, 0) is 6.18 Å². The number of aromatic hydroxyl groups is 1. The summed E-state index contributed by atoms with van der Waals surface area (Å²) in [5.74, 6) is -0.0660. The summed E-state index contributed by atoms with van der Waals surface area (Å²) in [5, 5.41) is 42.7. The summed E-state index contributed by atoms with van der Waals surface area (Å²) in [5.41, 5.74) is -0.534. The first kappa shape index (κ1) is 20.4. The molecular formula is C21H20F3N3O3. The first-order valence-electron chi connectivity index (χ1n) is 9.52. The van der Waals surface area contributed by atoms with E-state index in [2.05, 4.69) is 15.5 Å². The van der Waals surface area contributed by atoms with Gasteiger partial charge in [-0.25, -0.2) is 0 Å². The molecule has 30 heavy (non-hydrogen) atoms. The van der Waals surface area contributed by atoms with Crippen molar-refractivity contribution in [2.45, 2.75) is 43.7 Å². The van der Waals surface area contributed by atoms with Crippen molar-refractivity contribution < 1.29 is 28.5 Å². The van der Waals surface area contributed by atoms with Crippen molar-refractivity contribution in [1.29, 1.82) is 0 Å². The van der Waals surface area contributed by atoms with Crippen LogP contribution in [0.4, 0.5) is 19.0 Å². The zero-order valence-corrected chi connectivity index (χ0v) is 15.8. The van der Waals surface area contributed by atoms with Gasteiger partial charge in [-0.1, -0.05) is 24.3 Å². The standard InChI is InChI=1S/C21H20F3N3O3/c22-21(23,24)11-5-7-15(17(29)9-11)19-13-3-1-2-4-14(13)20(27-26-19)25-12-6-8-16(28)18(30)10-12/h1-5,7,9,12,16,18,28-30H,6,8,10H2,(H,25,27). The highest BCUT2D eigenvalue weighted by atomic mass is 19.4. The molecule has 1 aliphatic rings. The third kappa shape index (κ3) is 3.90. The Morgan fingerprint density at radius 2 is 1.67 bits per heavy atom. The number of nitrogens with zero attached hydrogens (tertiary/aromatic N) is 2. The van der Waals surface area contributed by atoms with Gasteiger partial charge in [-0.15, -0.1) is 10.2 Å². The van der Waals surface area contributed by atoms with E-state index in [1.165, 1.54) is 6.07 Å². The maximum atomic E-state index is 12.9. The molecule has 1 aromatic heterocycles. The number of benzene rings is 2. The largest absolute Gasteiger partial charge is 0.507 e. The van der Waals surface area contributed by atoms with Crippen LogP contribution in [0.2, 0.25) is 0 Å². The fraction of sp³-hybridized carbons (Fsp3) is 0.333. The third-order valence-corrected chi connectivity index (χ3v) is 5.39. The number of nitrogens with one attached hydrogen (secondary N) is 1. The van der Waals surface area contributed by atoms with Crippen LogP contribution in [-0.4, -0.2) is 43.8 Å². The van der Waals surface area contributed by atoms with E-state index >= 15 is 0 Å². The predicted molar refractivity (Wildman–Crippen MR) is 105 cm³/mol. The van der Waals surface area contributed by atoms with Gasteiger partial charge >= 0.3 is 6.18 Å². The minimum absolute atomic E-state index is 0.105. The van der Waals surface area contributed by atoms with Crippen LogP contribution < -0.4 is 5.32 Å². The molecule has 1 saturated carbocycles. The molecule has 0 bridgehead atoms. The zero-order chi connectivity index (χ0) is 21.5. The Bertz CT molecular complexity index is 1070. The summed E-state index contributed by atoms with van der Waals surface area (Å²) < 4.78 is 38.7. The van der Waals surface area contributed by atoms with E-state index in [4.69, 9.17) is 0 Å². The summed E-state index contributed by atoms with van der Waals surface area (Å²) >= 11 is 0. The summed E-state index contributed by atoms with van der Waals surface area (Å²) in [6.45, 7) is 0. The molecule has 1 aliphatic carbocycles. The molecule has 3 aromatic rings. The summed E-state index contributed by atoms with van der Waals surface area (Å²) in [6, 6.07) is 9.75. The Morgan fingerprint density at radius 3 is 2.33 bits per heavy atom. The van der Waals surface area contributed by atoms with Crippen LogP contribution in [0.15, 0.2) is 42.5 Å². The average Bonchev–Trinajstić information content (AvgIpc) is 2.70. The van der Waals surface area contributed by atoms with Gasteiger partial charge in [0.15, 0.2) is 5.82 Å². The van der Waals surface area contributed by atoms with Crippen LogP contribution in [0.3, 0.4) is 0 Å². The van der Waals surface area contributed by atoms with Gasteiger partial charge in [0.2, 0.25) is 0 Å². The summed E-state index contributed by atoms with van der Waals surface area (Å²) in [4.78, 5) is 0. The second-order valence-electron chi connectivity index (χ2n) is 7.46. The van der Waals surface area contributed by atoms with Crippen LogP contribution in [0, 0.1) is 0 Å². The van der Waals surface area contributed by atoms with E-state index in [-0.39, 0.29) is 17.3 Å². The third-order valence-electron chi connectivity index (χ3n) is 5.39. The number of aliphatic hydroxyl groups is 2. The smallest absolute Gasteiger partial charge is 0.416 e. The van der Waals surface area contributed by atoms with Gasteiger partial charge < -0.3 is 20.6 Å². The van der Waals surface area contributed by atoms with Crippen molar-refractivity contribution in [2.24, 2.45) is 0 Å². The number of aromatic nitrogens is 2. The molecule has 1 fully saturated rings. The fourth-order valence-corrected chi connectivity index (χ4v) is 3.77. The highest BCUT2D eigenvalue weighted by Crippen LogP contribution is 2.39. The molecule has 0 radical (unpaired) electrons. The Hall–Kier alpha value is -2.91. The van der Waals surface area contributed by atoms with E-state index in [9.17, 15) is 28.5 Å². The van der Waals surface area contributed by atoms with Crippen LogP contribution in [0.5, 0.6) is 5.75 Å². The van der Waals surface area contributed by atoms with Gasteiger partial charge in [0, 0.05) is 22.4 Å². The van der Waals surface area contributed by atoms with Crippen LogP contribution >= 0.6 is 0 Å². The topological polar surface area (TPSA) is 98.5 Å². The molecule has 158 valence electrons. The molecule has 2 aromatic carbocycles. The molecular weight excluding hydrogens is 399 g/mol. The lowest BCUT2D eigenvalue weighted by Gasteiger charge is -2.31. The summed E-state index contributed by atoms with van der Waals surface area (Å²) in [7, 11) is 0. The fourth-order valence-electron chi connectivity index (χ4n) is 3.77. The van der Waals surface area contributed by atoms with Crippen molar-refractivity contribution in [2.75, 3.05) is 5.32 Å². The molecule has 0 aliphatic heterocycles. The Morgan fingerprint density at radius 1 is 0.933 bits per heavy atom. The van der Waals surface area contributed by atoms with Gasteiger partial charge in [-0.3, -0.25) is 0 Å². The monoisotopic (exact) mass is 419 g/mol. The van der Waals surface area contributed by atoms with Crippen molar-refractivity contribution >= 4 is 16.6 Å². The second-order valence-corrected chi connectivity index (χ2v) is 7.46. The minimum atomic E-state index is -4.56. The van der Waals surface area contributed by atoms with Crippen LogP contribution in [0.25, 0.3) is 22.0 Å². The lowest BCUT2D eigenvalue weighted by Crippen LogP contribution is -2.39. The highest BCUT2D eigenvalue weighted by molar-refractivity contribution is 6.00. The lowest BCUT2D eigenvalue weighted by atomic mass is 9.90. The quantitative estimate of drug-likeness (QED) is 0.517. The molecule has 4 rings (SSSR count). The maximum Gasteiger partial charge on any atom is 0.416 e. The number of hydrogen-bond acceptors (Lipinski definition) is 6. The van der Waals surface area contributed by atoms with Crippen LogP contribution in [0.1, 0.15) is 24.8 Å². The van der Waals surface area contributed by atoms with Crippen molar-refractivity contribution in [3.8, 4) is 17.0 Å². The van der Waals surface area contributed by atoms with Crippen molar-refractivity contribution in [3.05, 3.63) is 48.0 Å². The molecule has 9 heteroatoms. The van der Waals surface area contributed by atoms with Crippen molar-refractivity contribution in [3.63, 3.8) is 0 Å². The van der Waals surface area contributed by atoms with Crippen molar-refractivity contribution in [1.82, 2.24) is 10.2 Å². The first-order chi connectivity index (χ1) is 14.2. The first-order valence-corrected chi connectivity index (χ1v) is 9.52. The maximum absolute atomic E-state index is 12.9. The second kappa shape index (κ2) is 7.73. The van der Waals surface area contributed by atoms with Gasteiger partial charge in [0.05, 0.1) is 17.8 Å². The van der Waals surface area contributed by atoms with E-state index in [1.807, 2.05) is 0 Å². The number of alkyl halides is 3. The zero-order valence-electron chi connectivity index (χ0n) is 15.8. The lowest BCUT2D eigenvalue weighted by molar-refractivity contribution is -0.137. The number of aliphatic hydroxyl groups excluding tert-OH is 2. The Kier molecular flexibility index (Phi) is 5.25. The normalized spacial score (nSPS) is 22.2. The molecule has 1 heterocycles. The van der Waals surface area contributed by atoms with E-state index < -0.39 is 29.7 Å². The molecule has 3 atom stereocenters. The number of rotatable bonds is 3. The molecule has 0 spiro atoms. The number of fused-ring (bicyclic) bond motifs is 1. The highest BCUT2D eigenvalue weighted by Gasteiger charge is 2.32. The van der Waals surface area contributed by atoms with E-state index in [0.29, 0.717) is 41.9 Å². The molecule has 6 nitrogen and oxygen atoms in total. The molecule has 0 saturated heterocycles. The molecule has 0 amide bonds. The van der Waals surface area contributed by atoms with Gasteiger partial charge in [0.25, 0.3) is 0 Å². The number of halogens is 3.